The van der Waals surface area contributed by atoms with Crippen LogP contribution in [0, 0.1) is 0 Å². The quantitative estimate of drug-likeness (QED) is 0.738. The number of hydrogen-bond donors (Lipinski definition) is 0. The summed E-state index contributed by atoms with van der Waals surface area (Å²) >= 11 is 0. The van der Waals surface area contributed by atoms with Crippen molar-refractivity contribution in [3.05, 3.63) is 0 Å². The highest BCUT2D eigenvalue weighted by molar-refractivity contribution is 5.64. The summed E-state index contributed by atoms with van der Waals surface area (Å²) in [7, 11) is 0. The molecule has 0 radical (unpaired) electrons. The molecule has 2 aromatic rings. The van der Waals surface area contributed by atoms with Gasteiger partial charge in [-0.1, -0.05) is 0 Å². The molecule has 2 heterocycles. The Morgan fingerprint density at radius 1 is 0.933 bits per heavy atom. The summed E-state index contributed by atoms with van der Waals surface area (Å²) in [6.45, 7) is 4.66. The van der Waals surface area contributed by atoms with Crippen LogP contribution in [0.2, 0.25) is 0 Å². The molecule has 7 nitrogen and oxygen atoms in total. The SMILES string of the molecule is CCOc1nc2nonc2nc1OCC. The highest BCUT2D eigenvalue weighted by Gasteiger charge is 2.14. The van der Waals surface area contributed by atoms with Gasteiger partial charge in [0.1, 0.15) is 0 Å². The van der Waals surface area contributed by atoms with Gasteiger partial charge in [-0.3, -0.25) is 0 Å². The predicted molar refractivity (Wildman–Crippen MR) is 49.7 cm³/mol. The fraction of sp³-hybridized carbons (Fsp3) is 0.500. The van der Waals surface area contributed by atoms with Crippen LogP contribution >= 0.6 is 0 Å². The zero-order valence-electron chi connectivity index (χ0n) is 8.43. The summed E-state index contributed by atoms with van der Waals surface area (Å²) in [5.41, 5.74) is 0.615. The lowest BCUT2D eigenvalue weighted by Gasteiger charge is -2.06. The van der Waals surface area contributed by atoms with Crippen molar-refractivity contribution in [2.45, 2.75) is 13.8 Å². The largest absolute Gasteiger partial charge is 0.474 e. The summed E-state index contributed by atoms with van der Waals surface area (Å²) in [5.74, 6) is 0.616. The Morgan fingerprint density at radius 3 is 1.80 bits per heavy atom. The molecule has 7 heteroatoms. The number of ether oxygens (including phenoxy) is 2. The van der Waals surface area contributed by atoms with Crippen molar-refractivity contribution in [3.8, 4) is 11.8 Å². The van der Waals surface area contributed by atoms with Crippen molar-refractivity contribution in [1.29, 1.82) is 0 Å². The summed E-state index contributed by atoms with van der Waals surface area (Å²) in [4.78, 5) is 8.13. The van der Waals surface area contributed by atoms with Gasteiger partial charge in [-0.2, -0.15) is 9.97 Å². The van der Waals surface area contributed by atoms with Gasteiger partial charge in [-0.05, 0) is 24.2 Å². The molecule has 2 aromatic heterocycles. The summed E-state index contributed by atoms with van der Waals surface area (Å²) in [6, 6.07) is 0. The molecule has 0 aromatic carbocycles. The zero-order valence-corrected chi connectivity index (χ0v) is 8.43. The third-order valence-corrected chi connectivity index (χ3v) is 1.61. The van der Waals surface area contributed by atoms with Gasteiger partial charge in [0.2, 0.25) is 11.3 Å². The van der Waals surface area contributed by atoms with Crippen LogP contribution in [0.3, 0.4) is 0 Å². The molecule has 15 heavy (non-hydrogen) atoms. The number of nitrogens with zero attached hydrogens (tertiary/aromatic N) is 4. The smallest absolute Gasteiger partial charge is 0.280 e. The average molecular weight is 210 g/mol. The van der Waals surface area contributed by atoms with Crippen LogP contribution in [-0.2, 0) is 0 Å². The van der Waals surface area contributed by atoms with Gasteiger partial charge in [0.25, 0.3) is 11.8 Å². The van der Waals surface area contributed by atoms with Gasteiger partial charge < -0.3 is 9.47 Å². The standard InChI is InChI=1S/C8H10N4O3/c1-3-13-7-8(14-4-2)10-6-5(9-7)11-15-12-6/h3-4H2,1-2H3. The molecule has 0 aliphatic heterocycles. The average Bonchev–Trinajstić information content (AvgIpc) is 2.66. The van der Waals surface area contributed by atoms with Gasteiger partial charge in [-0.15, -0.1) is 0 Å². The fourth-order valence-corrected chi connectivity index (χ4v) is 1.07. The van der Waals surface area contributed by atoms with E-state index in [1.54, 1.807) is 0 Å². The van der Waals surface area contributed by atoms with Gasteiger partial charge >= 0.3 is 0 Å². The van der Waals surface area contributed by atoms with Gasteiger partial charge in [0.15, 0.2) is 0 Å². The molecule has 0 amide bonds. The second-order valence-electron chi connectivity index (χ2n) is 2.61. The zero-order chi connectivity index (χ0) is 10.7. The molecule has 0 unspecified atom stereocenters. The molecular weight excluding hydrogens is 200 g/mol. The van der Waals surface area contributed by atoms with Crippen LogP contribution in [0.25, 0.3) is 11.3 Å². The maximum absolute atomic E-state index is 5.26. The first-order valence-corrected chi connectivity index (χ1v) is 4.61. The number of hydrogen-bond acceptors (Lipinski definition) is 7. The molecule has 0 N–H and O–H groups in total. The molecule has 80 valence electrons. The van der Waals surface area contributed by atoms with Gasteiger partial charge in [0, 0.05) is 0 Å². The van der Waals surface area contributed by atoms with E-state index in [1.807, 2.05) is 13.8 Å². The monoisotopic (exact) mass is 210 g/mol. The van der Waals surface area contributed by atoms with E-state index in [2.05, 4.69) is 24.9 Å². The third kappa shape index (κ3) is 1.80. The van der Waals surface area contributed by atoms with Crippen LogP contribution in [-0.4, -0.2) is 33.5 Å². The Hall–Kier alpha value is -1.92. The number of fused-ring (bicyclic) bond motifs is 1. The van der Waals surface area contributed by atoms with Crippen molar-refractivity contribution in [2.75, 3.05) is 13.2 Å². The first-order chi connectivity index (χ1) is 7.35. The Morgan fingerprint density at radius 2 is 1.40 bits per heavy atom. The maximum Gasteiger partial charge on any atom is 0.280 e. The first kappa shape index (κ1) is 9.63. The molecule has 0 aliphatic carbocycles. The van der Waals surface area contributed by atoms with E-state index in [1.165, 1.54) is 0 Å². The van der Waals surface area contributed by atoms with E-state index in [4.69, 9.17) is 9.47 Å². The highest BCUT2D eigenvalue weighted by Crippen LogP contribution is 2.23. The van der Waals surface area contributed by atoms with Gasteiger partial charge in [-0.25, -0.2) is 4.63 Å². The second-order valence-corrected chi connectivity index (χ2v) is 2.61. The molecule has 0 saturated carbocycles. The molecular formula is C8H10N4O3. The van der Waals surface area contributed by atoms with Crippen LogP contribution in [0.5, 0.6) is 11.8 Å². The van der Waals surface area contributed by atoms with Crippen molar-refractivity contribution in [2.24, 2.45) is 0 Å². The minimum atomic E-state index is 0.307. The van der Waals surface area contributed by atoms with Crippen molar-refractivity contribution < 1.29 is 14.1 Å². The maximum atomic E-state index is 5.26. The van der Waals surface area contributed by atoms with E-state index >= 15 is 0 Å². The third-order valence-electron chi connectivity index (χ3n) is 1.61. The van der Waals surface area contributed by atoms with Crippen LogP contribution in [0.15, 0.2) is 4.63 Å². The second kappa shape index (κ2) is 4.07. The summed E-state index contributed by atoms with van der Waals surface area (Å²) in [5, 5.41) is 7.14. The molecule has 2 rings (SSSR count). The molecule has 0 saturated heterocycles. The lowest BCUT2D eigenvalue weighted by molar-refractivity contribution is 0.270. The molecule has 0 fully saturated rings. The lowest BCUT2D eigenvalue weighted by Crippen LogP contribution is -2.02. The van der Waals surface area contributed by atoms with E-state index < -0.39 is 0 Å². The molecule has 0 aliphatic rings. The highest BCUT2D eigenvalue weighted by atomic mass is 16.6. The Balaban J connectivity index is 2.47. The predicted octanol–water partition coefficient (Wildman–Crippen LogP) is 0.810. The molecule has 0 atom stereocenters. The van der Waals surface area contributed by atoms with Crippen LogP contribution in [0.4, 0.5) is 0 Å². The minimum Gasteiger partial charge on any atom is -0.474 e. The normalized spacial score (nSPS) is 10.5. The topological polar surface area (TPSA) is 83.2 Å². The number of rotatable bonds is 4. The molecule has 0 spiro atoms. The summed E-state index contributed by atoms with van der Waals surface area (Å²) < 4.78 is 15.0. The number of aromatic nitrogens is 4. The van der Waals surface area contributed by atoms with Crippen LogP contribution < -0.4 is 9.47 Å². The Bertz CT molecular complexity index is 416. The lowest BCUT2D eigenvalue weighted by atomic mass is 10.6. The van der Waals surface area contributed by atoms with E-state index in [-0.39, 0.29) is 0 Å². The summed E-state index contributed by atoms with van der Waals surface area (Å²) in [6.07, 6.45) is 0. The first-order valence-electron chi connectivity index (χ1n) is 4.61. The van der Waals surface area contributed by atoms with E-state index in [0.29, 0.717) is 36.3 Å². The van der Waals surface area contributed by atoms with Gasteiger partial charge in [0.05, 0.1) is 13.2 Å². The minimum absolute atomic E-state index is 0.307. The van der Waals surface area contributed by atoms with Crippen molar-refractivity contribution in [1.82, 2.24) is 20.3 Å². The van der Waals surface area contributed by atoms with E-state index in [0.717, 1.165) is 0 Å². The van der Waals surface area contributed by atoms with Crippen molar-refractivity contribution in [3.63, 3.8) is 0 Å². The Labute approximate surface area is 85.4 Å². The Kier molecular flexibility index (Phi) is 2.61. The van der Waals surface area contributed by atoms with Crippen molar-refractivity contribution >= 4 is 11.3 Å². The van der Waals surface area contributed by atoms with Crippen LogP contribution in [0.1, 0.15) is 13.8 Å². The fourth-order valence-electron chi connectivity index (χ4n) is 1.07. The van der Waals surface area contributed by atoms with E-state index in [9.17, 15) is 0 Å². The molecule has 0 bridgehead atoms.